The number of rotatable bonds is 6. The summed E-state index contributed by atoms with van der Waals surface area (Å²) >= 11 is 0. The third-order valence-electron chi connectivity index (χ3n) is 5.45. The monoisotopic (exact) mass is 260 g/mol. The van der Waals surface area contributed by atoms with Crippen LogP contribution in [0.4, 0.5) is 0 Å². The molecule has 0 spiro atoms. The summed E-state index contributed by atoms with van der Waals surface area (Å²) in [4.78, 5) is 0. The van der Waals surface area contributed by atoms with Gasteiger partial charge in [0.1, 0.15) is 0 Å². The summed E-state index contributed by atoms with van der Waals surface area (Å²) in [5.74, 6) is 0.788. The first-order valence-corrected chi connectivity index (χ1v) is 7.38. The van der Waals surface area contributed by atoms with E-state index in [1.54, 1.807) is 0 Å². The first kappa shape index (κ1) is 14.5. The number of hydrogen-bond donors (Lipinski definition) is 2. The Hall–Kier alpha value is -0.860. The third-order valence-corrected chi connectivity index (χ3v) is 5.45. The number of hydrogen-bond acceptors (Lipinski definition) is 2. The van der Waals surface area contributed by atoms with Gasteiger partial charge in [-0.25, -0.2) is 0 Å². The molecule has 2 heteroatoms. The van der Waals surface area contributed by atoms with Crippen LogP contribution in [0.25, 0.3) is 0 Å². The van der Waals surface area contributed by atoms with Crippen LogP contribution in [0.2, 0.25) is 0 Å². The van der Waals surface area contributed by atoms with Crippen LogP contribution in [0.1, 0.15) is 38.8 Å². The van der Waals surface area contributed by atoms with Crippen molar-refractivity contribution >= 4 is 0 Å². The smallest absolute Gasteiger partial charge is 0.0205 e. The zero-order valence-electron chi connectivity index (χ0n) is 12.8. The highest BCUT2D eigenvalue weighted by atomic mass is 14.9. The first-order chi connectivity index (χ1) is 8.89. The predicted molar refractivity (Wildman–Crippen MR) is 82.0 cm³/mol. The maximum absolute atomic E-state index is 5.56. The van der Waals surface area contributed by atoms with Crippen molar-refractivity contribution in [3.05, 3.63) is 35.4 Å². The molecule has 0 amide bonds. The molecule has 0 unspecified atom stereocenters. The van der Waals surface area contributed by atoms with Crippen molar-refractivity contribution < 1.29 is 0 Å². The van der Waals surface area contributed by atoms with Gasteiger partial charge >= 0.3 is 0 Å². The highest BCUT2D eigenvalue weighted by Gasteiger charge is 2.63. The summed E-state index contributed by atoms with van der Waals surface area (Å²) in [6, 6.07) is 8.80. The number of nitrogens with one attached hydrogen (secondary N) is 1. The van der Waals surface area contributed by atoms with Gasteiger partial charge in [-0.05, 0) is 47.4 Å². The van der Waals surface area contributed by atoms with E-state index in [1.165, 1.54) is 11.1 Å². The molecule has 0 aliphatic heterocycles. The summed E-state index contributed by atoms with van der Waals surface area (Å²) in [5.41, 5.74) is 9.20. The standard InChI is InChI=1S/C17H28N2/c1-16(2)15(17(16,3)4)12-19-11-14-7-5-13(6-8-14)9-10-18/h5-8,15,19H,9-12,18H2,1-4H3. The summed E-state index contributed by atoms with van der Waals surface area (Å²) in [6.07, 6.45) is 0.970. The lowest BCUT2D eigenvalue weighted by atomic mass is 10.0. The molecule has 0 atom stereocenters. The maximum atomic E-state index is 5.56. The van der Waals surface area contributed by atoms with Gasteiger partial charge in [-0.1, -0.05) is 52.0 Å². The SMILES string of the molecule is CC1(C)C(CNCc2ccc(CCN)cc2)C1(C)C. The third kappa shape index (κ3) is 2.85. The minimum absolute atomic E-state index is 0.477. The highest BCUT2D eigenvalue weighted by Crippen LogP contribution is 2.67. The Kier molecular flexibility index (Phi) is 4.03. The van der Waals surface area contributed by atoms with Crippen molar-refractivity contribution in [2.24, 2.45) is 22.5 Å². The van der Waals surface area contributed by atoms with E-state index < -0.39 is 0 Å². The van der Waals surface area contributed by atoms with E-state index in [4.69, 9.17) is 5.73 Å². The minimum atomic E-state index is 0.477. The Morgan fingerprint density at radius 2 is 1.53 bits per heavy atom. The Morgan fingerprint density at radius 1 is 1.00 bits per heavy atom. The second kappa shape index (κ2) is 5.26. The quantitative estimate of drug-likeness (QED) is 0.825. The molecule has 3 N–H and O–H groups in total. The van der Waals surface area contributed by atoms with E-state index in [0.29, 0.717) is 10.8 Å². The molecule has 1 saturated carbocycles. The van der Waals surface area contributed by atoms with Crippen molar-refractivity contribution in [2.75, 3.05) is 13.1 Å². The van der Waals surface area contributed by atoms with Crippen LogP contribution in [0.3, 0.4) is 0 Å². The van der Waals surface area contributed by atoms with E-state index in [2.05, 4.69) is 57.3 Å². The van der Waals surface area contributed by atoms with E-state index in [-0.39, 0.29) is 0 Å². The van der Waals surface area contributed by atoms with Crippen molar-refractivity contribution in [3.8, 4) is 0 Å². The highest BCUT2D eigenvalue weighted by molar-refractivity contribution is 5.23. The summed E-state index contributed by atoms with van der Waals surface area (Å²) in [5, 5.41) is 3.60. The second-order valence-corrected chi connectivity index (χ2v) is 6.98. The fourth-order valence-corrected chi connectivity index (χ4v) is 3.19. The molecule has 0 aromatic heterocycles. The molecule has 0 saturated heterocycles. The van der Waals surface area contributed by atoms with Gasteiger partial charge in [0.2, 0.25) is 0 Å². The van der Waals surface area contributed by atoms with Crippen LogP contribution in [0.15, 0.2) is 24.3 Å². The molecule has 1 aromatic rings. The summed E-state index contributed by atoms with van der Waals surface area (Å²) in [6.45, 7) is 12.3. The molecule has 0 heterocycles. The van der Waals surface area contributed by atoms with E-state index in [0.717, 1.165) is 32.0 Å². The summed E-state index contributed by atoms with van der Waals surface area (Å²) in [7, 11) is 0. The van der Waals surface area contributed by atoms with Crippen molar-refractivity contribution in [1.82, 2.24) is 5.32 Å². The average molecular weight is 260 g/mol. The Morgan fingerprint density at radius 3 is 2.00 bits per heavy atom. The zero-order chi connectivity index (χ0) is 14.1. The number of benzene rings is 1. The summed E-state index contributed by atoms with van der Waals surface area (Å²) < 4.78 is 0. The fourth-order valence-electron chi connectivity index (χ4n) is 3.19. The van der Waals surface area contributed by atoms with Crippen molar-refractivity contribution in [2.45, 2.75) is 40.7 Å². The predicted octanol–water partition coefficient (Wildman–Crippen LogP) is 2.96. The van der Waals surface area contributed by atoms with Crippen LogP contribution in [-0.4, -0.2) is 13.1 Å². The lowest BCUT2D eigenvalue weighted by Gasteiger charge is -2.07. The largest absolute Gasteiger partial charge is 0.330 e. The normalized spacial score (nSPS) is 20.5. The van der Waals surface area contributed by atoms with E-state index in [9.17, 15) is 0 Å². The Labute approximate surface area is 117 Å². The molecule has 19 heavy (non-hydrogen) atoms. The average Bonchev–Trinajstić information content (AvgIpc) is 2.74. The van der Waals surface area contributed by atoms with Gasteiger partial charge in [0.25, 0.3) is 0 Å². The molecule has 1 aliphatic carbocycles. The molecule has 2 nitrogen and oxygen atoms in total. The topological polar surface area (TPSA) is 38.0 Å². The molecular weight excluding hydrogens is 232 g/mol. The van der Waals surface area contributed by atoms with Crippen LogP contribution < -0.4 is 11.1 Å². The second-order valence-electron chi connectivity index (χ2n) is 6.98. The van der Waals surface area contributed by atoms with E-state index in [1.807, 2.05) is 0 Å². The first-order valence-electron chi connectivity index (χ1n) is 7.38. The molecule has 2 rings (SSSR count). The van der Waals surface area contributed by atoms with Gasteiger partial charge in [-0.3, -0.25) is 0 Å². The fraction of sp³-hybridized carbons (Fsp3) is 0.647. The van der Waals surface area contributed by atoms with E-state index >= 15 is 0 Å². The van der Waals surface area contributed by atoms with Crippen molar-refractivity contribution in [3.63, 3.8) is 0 Å². The van der Waals surface area contributed by atoms with Gasteiger partial charge in [-0.2, -0.15) is 0 Å². The zero-order valence-corrected chi connectivity index (χ0v) is 12.8. The maximum Gasteiger partial charge on any atom is 0.0205 e. The number of nitrogens with two attached hydrogens (primary N) is 1. The van der Waals surface area contributed by atoms with Gasteiger partial charge in [0.05, 0.1) is 0 Å². The lowest BCUT2D eigenvalue weighted by Crippen LogP contribution is -2.18. The Balaban J connectivity index is 1.78. The van der Waals surface area contributed by atoms with Gasteiger partial charge in [0.15, 0.2) is 0 Å². The van der Waals surface area contributed by atoms with Crippen LogP contribution >= 0.6 is 0 Å². The lowest BCUT2D eigenvalue weighted by molar-refractivity contribution is 0.457. The molecule has 1 fully saturated rings. The van der Waals surface area contributed by atoms with Crippen LogP contribution in [0.5, 0.6) is 0 Å². The molecule has 0 radical (unpaired) electrons. The molecular formula is C17H28N2. The van der Waals surface area contributed by atoms with Crippen LogP contribution in [0, 0.1) is 16.7 Å². The van der Waals surface area contributed by atoms with Gasteiger partial charge < -0.3 is 11.1 Å². The molecule has 106 valence electrons. The molecule has 0 bridgehead atoms. The van der Waals surface area contributed by atoms with Crippen LogP contribution in [-0.2, 0) is 13.0 Å². The molecule has 1 aliphatic rings. The van der Waals surface area contributed by atoms with Gasteiger partial charge in [-0.15, -0.1) is 0 Å². The molecule has 1 aromatic carbocycles. The van der Waals surface area contributed by atoms with Crippen molar-refractivity contribution in [1.29, 1.82) is 0 Å². The Bertz CT molecular complexity index is 403. The minimum Gasteiger partial charge on any atom is -0.330 e. The van der Waals surface area contributed by atoms with Gasteiger partial charge in [0, 0.05) is 6.54 Å².